The Hall–Kier alpha value is -4.33. The largest absolute Gasteiger partial charge is 0.321 e. The molecule has 2 amide bonds. The predicted molar refractivity (Wildman–Crippen MR) is 127 cm³/mol. The fraction of sp³-hybridized carbons (Fsp3) is 0.154. The molecule has 0 aliphatic carbocycles. The van der Waals surface area contributed by atoms with Crippen LogP contribution in [0, 0.1) is 11.7 Å². The highest BCUT2D eigenvalue weighted by atomic mass is 19.1. The van der Waals surface area contributed by atoms with Crippen LogP contribution in [0.4, 0.5) is 15.9 Å². The Morgan fingerprint density at radius 2 is 1.94 bits per heavy atom. The molecule has 7 nitrogen and oxygen atoms in total. The molecule has 34 heavy (non-hydrogen) atoms. The number of benzene rings is 2. The van der Waals surface area contributed by atoms with Crippen LogP contribution in [-0.4, -0.2) is 33.1 Å². The Balaban J connectivity index is 1.39. The van der Waals surface area contributed by atoms with E-state index in [0.717, 1.165) is 5.56 Å². The summed E-state index contributed by atoms with van der Waals surface area (Å²) >= 11 is 0. The van der Waals surface area contributed by atoms with Crippen molar-refractivity contribution in [1.82, 2.24) is 14.8 Å². The molecule has 0 radical (unpaired) electrons. The zero-order valence-corrected chi connectivity index (χ0v) is 18.5. The van der Waals surface area contributed by atoms with Crippen LogP contribution in [0.3, 0.4) is 0 Å². The second-order valence-corrected chi connectivity index (χ2v) is 8.25. The van der Waals surface area contributed by atoms with Gasteiger partial charge in [0, 0.05) is 23.9 Å². The second-order valence-electron chi connectivity index (χ2n) is 8.25. The number of hydrogen-bond acceptors (Lipinski definition) is 4. The molecule has 2 aromatic heterocycles. The SMILES string of the molecule is CC(Cc1ccc(-n2cccn2)c(F)c1)C(=O)N1CC(=O)Nc2ccc(-c3ccccc3)nc21. The number of aromatic nitrogens is 3. The molecule has 5 rings (SSSR count). The van der Waals surface area contributed by atoms with E-state index < -0.39 is 11.7 Å². The van der Waals surface area contributed by atoms with Gasteiger partial charge in [0.05, 0.1) is 11.4 Å². The predicted octanol–water partition coefficient (Wildman–Crippen LogP) is 4.24. The summed E-state index contributed by atoms with van der Waals surface area (Å²) in [7, 11) is 0. The fourth-order valence-electron chi connectivity index (χ4n) is 4.09. The number of amides is 2. The van der Waals surface area contributed by atoms with Gasteiger partial charge in [0.25, 0.3) is 0 Å². The number of anilines is 2. The van der Waals surface area contributed by atoms with Gasteiger partial charge in [0.15, 0.2) is 5.82 Å². The summed E-state index contributed by atoms with van der Waals surface area (Å²) < 4.78 is 16.1. The number of pyridine rings is 1. The van der Waals surface area contributed by atoms with Crippen LogP contribution in [0.2, 0.25) is 0 Å². The van der Waals surface area contributed by atoms with Crippen molar-refractivity contribution in [2.75, 3.05) is 16.8 Å². The maximum Gasteiger partial charge on any atom is 0.244 e. The van der Waals surface area contributed by atoms with Gasteiger partial charge in [-0.2, -0.15) is 5.10 Å². The highest BCUT2D eigenvalue weighted by Gasteiger charge is 2.31. The van der Waals surface area contributed by atoms with E-state index in [1.165, 1.54) is 15.6 Å². The summed E-state index contributed by atoms with van der Waals surface area (Å²) in [4.78, 5) is 31.8. The highest BCUT2D eigenvalue weighted by Crippen LogP contribution is 2.32. The van der Waals surface area contributed by atoms with Gasteiger partial charge in [-0.3, -0.25) is 14.5 Å². The summed E-state index contributed by atoms with van der Waals surface area (Å²) in [5.74, 6) is -1.02. The third-order valence-corrected chi connectivity index (χ3v) is 5.77. The molecule has 0 saturated carbocycles. The minimum Gasteiger partial charge on any atom is -0.321 e. The van der Waals surface area contributed by atoms with Crippen LogP contribution >= 0.6 is 0 Å². The number of hydrogen-bond donors (Lipinski definition) is 1. The Kier molecular flexibility index (Phi) is 5.63. The summed E-state index contributed by atoms with van der Waals surface area (Å²) in [5, 5.41) is 6.84. The lowest BCUT2D eigenvalue weighted by atomic mass is 9.98. The van der Waals surface area contributed by atoms with Crippen molar-refractivity contribution in [1.29, 1.82) is 0 Å². The van der Waals surface area contributed by atoms with Crippen molar-refractivity contribution in [2.24, 2.45) is 5.92 Å². The van der Waals surface area contributed by atoms with Gasteiger partial charge in [-0.1, -0.05) is 43.3 Å². The minimum atomic E-state index is -0.490. The molecule has 2 aromatic carbocycles. The summed E-state index contributed by atoms with van der Waals surface area (Å²) in [5.41, 5.74) is 3.13. The number of carbonyl (C=O) groups is 2. The van der Waals surface area contributed by atoms with Crippen molar-refractivity contribution in [3.8, 4) is 16.9 Å². The van der Waals surface area contributed by atoms with Gasteiger partial charge in [0.1, 0.15) is 18.0 Å². The van der Waals surface area contributed by atoms with E-state index >= 15 is 0 Å². The lowest BCUT2D eigenvalue weighted by molar-refractivity contribution is -0.124. The van der Waals surface area contributed by atoms with Crippen molar-refractivity contribution < 1.29 is 14.0 Å². The summed E-state index contributed by atoms with van der Waals surface area (Å²) in [6.45, 7) is 1.66. The van der Waals surface area contributed by atoms with Gasteiger partial charge in [-0.05, 0) is 42.3 Å². The van der Waals surface area contributed by atoms with Crippen LogP contribution in [0.15, 0.2) is 79.1 Å². The van der Waals surface area contributed by atoms with E-state index in [1.807, 2.05) is 36.4 Å². The molecule has 8 heteroatoms. The lowest BCUT2D eigenvalue weighted by Crippen LogP contribution is -2.45. The molecule has 0 saturated heterocycles. The molecule has 1 aliphatic rings. The second kappa shape index (κ2) is 8.90. The van der Waals surface area contributed by atoms with E-state index in [0.29, 0.717) is 34.9 Å². The van der Waals surface area contributed by atoms with Crippen LogP contribution < -0.4 is 10.2 Å². The zero-order chi connectivity index (χ0) is 23.7. The zero-order valence-electron chi connectivity index (χ0n) is 18.5. The molecule has 0 bridgehead atoms. The van der Waals surface area contributed by atoms with Gasteiger partial charge in [-0.25, -0.2) is 14.1 Å². The Bertz CT molecular complexity index is 1360. The van der Waals surface area contributed by atoms with Crippen LogP contribution in [-0.2, 0) is 16.0 Å². The van der Waals surface area contributed by atoms with Crippen molar-refractivity contribution in [3.05, 3.63) is 90.5 Å². The minimum absolute atomic E-state index is 0.117. The fourth-order valence-corrected chi connectivity index (χ4v) is 4.09. The number of fused-ring (bicyclic) bond motifs is 1. The molecule has 0 spiro atoms. The molecule has 1 atom stereocenters. The van der Waals surface area contributed by atoms with E-state index in [9.17, 15) is 14.0 Å². The average molecular weight is 455 g/mol. The topological polar surface area (TPSA) is 80.1 Å². The molecule has 0 fully saturated rings. The first-order chi connectivity index (χ1) is 16.5. The monoisotopic (exact) mass is 455 g/mol. The molecule has 3 heterocycles. The van der Waals surface area contributed by atoms with E-state index in [4.69, 9.17) is 0 Å². The van der Waals surface area contributed by atoms with Crippen molar-refractivity contribution in [3.63, 3.8) is 0 Å². The smallest absolute Gasteiger partial charge is 0.244 e. The lowest BCUT2D eigenvalue weighted by Gasteiger charge is -2.30. The molecular formula is C26H22FN5O2. The van der Waals surface area contributed by atoms with E-state index in [-0.39, 0.29) is 18.4 Å². The molecule has 1 aliphatic heterocycles. The Morgan fingerprint density at radius 3 is 2.68 bits per heavy atom. The third-order valence-electron chi connectivity index (χ3n) is 5.77. The van der Waals surface area contributed by atoms with Gasteiger partial charge in [0.2, 0.25) is 11.8 Å². The van der Waals surface area contributed by atoms with E-state index in [2.05, 4.69) is 15.4 Å². The highest BCUT2D eigenvalue weighted by molar-refractivity contribution is 6.09. The van der Waals surface area contributed by atoms with Gasteiger partial charge < -0.3 is 5.32 Å². The quantitative estimate of drug-likeness (QED) is 0.488. The first-order valence-corrected chi connectivity index (χ1v) is 11.0. The van der Waals surface area contributed by atoms with Crippen molar-refractivity contribution in [2.45, 2.75) is 13.3 Å². The maximum absolute atomic E-state index is 14.7. The van der Waals surface area contributed by atoms with Gasteiger partial charge >= 0.3 is 0 Å². The van der Waals surface area contributed by atoms with Crippen molar-refractivity contribution >= 4 is 23.3 Å². The Morgan fingerprint density at radius 1 is 1.12 bits per heavy atom. The molecule has 1 N–H and O–H groups in total. The van der Waals surface area contributed by atoms with Crippen LogP contribution in [0.25, 0.3) is 16.9 Å². The number of halogens is 1. The Labute approximate surface area is 195 Å². The van der Waals surface area contributed by atoms with Gasteiger partial charge in [-0.15, -0.1) is 0 Å². The normalized spacial score (nSPS) is 13.8. The average Bonchev–Trinajstić information content (AvgIpc) is 3.38. The molecule has 1 unspecified atom stereocenters. The molecular weight excluding hydrogens is 433 g/mol. The van der Waals surface area contributed by atoms with Crippen LogP contribution in [0.1, 0.15) is 12.5 Å². The summed E-state index contributed by atoms with van der Waals surface area (Å²) in [6.07, 6.45) is 3.57. The number of nitrogens with zero attached hydrogens (tertiary/aromatic N) is 4. The number of nitrogens with one attached hydrogen (secondary N) is 1. The standard InChI is InChI=1S/C26H22FN5O2/c1-17(14-18-8-11-23(20(27)15-18)32-13-5-12-28-32)26(34)31-16-24(33)29-22-10-9-21(30-25(22)31)19-6-3-2-4-7-19/h2-13,15,17H,14,16H2,1H3,(H,29,33). The van der Waals surface area contributed by atoms with E-state index in [1.54, 1.807) is 43.6 Å². The number of rotatable bonds is 5. The first-order valence-electron chi connectivity index (χ1n) is 11.0. The third kappa shape index (κ3) is 4.17. The molecule has 4 aromatic rings. The summed E-state index contributed by atoms with van der Waals surface area (Å²) in [6, 6.07) is 19.8. The maximum atomic E-state index is 14.7. The first kappa shape index (κ1) is 21.5. The number of carbonyl (C=O) groups excluding carboxylic acids is 2. The van der Waals surface area contributed by atoms with Crippen LogP contribution in [0.5, 0.6) is 0 Å². The molecule has 170 valence electrons.